The minimum Gasteiger partial charge on any atom is -0.207 e. The van der Waals surface area contributed by atoms with Crippen molar-refractivity contribution >= 4 is 26.7 Å². The average Bonchev–Trinajstić information content (AvgIpc) is 2.38. The van der Waals surface area contributed by atoms with E-state index in [-0.39, 0.29) is 0 Å². The van der Waals surface area contributed by atoms with Gasteiger partial charge in [-0.15, -0.1) is 0 Å². The zero-order valence-electron chi connectivity index (χ0n) is 9.83. The molecule has 3 aromatic rings. The van der Waals surface area contributed by atoms with Gasteiger partial charge in [-0.3, -0.25) is 0 Å². The van der Waals surface area contributed by atoms with Crippen LogP contribution in [0.3, 0.4) is 0 Å². The third-order valence-electron chi connectivity index (χ3n) is 3.04. The van der Waals surface area contributed by atoms with Gasteiger partial charge in [-0.2, -0.15) is 0 Å². The fourth-order valence-corrected chi connectivity index (χ4v) is 2.49. The van der Waals surface area contributed by atoms with E-state index in [1.165, 1.54) is 12.1 Å². The summed E-state index contributed by atoms with van der Waals surface area (Å²) in [6.07, 6.45) is 0. The van der Waals surface area contributed by atoms with Gasteiger partial charge in [-0.25, -0.2) is 8.78 Å². The molecule has 94 valence electrons. The van der Waals surface area contributed by atoms with Crippen molar-refractivity contribution in [2.24, 2.45) is 0 Å². The van der Waals surface area contributed by atoms with Gasteiger partial charge in [0.25, 0.3) is 0 Å². The number of hydrogen-bond acceptors (Lipinski definition) is 0. The molecule has 3 rings (SSSR count). The Bertz CT molecular complexity index is 766. The second-order valence-electron chi connectivity index (χ2n) is 4.33. The predicted molar refractivity (Wildman–Crippen MR) is 77.0 cm³/mol. The summed E-state index contributed by atoms with van der Waals surface area (Å²) >= 11 is 3.41. The molecule has 0 atom stereocenters. The van der Waals surface area contributed by atoms with Crippen molar-refractivity contribution in [1.82, 2.24) is 0 Å². The quantitative estimate of drug-likeness (QED) is 0.552. The Morgan fingerprint density at radius 2 is 1.47 bits per heavy atom. The molecular weight excluding hydrogens is 310 g/mol. The van der Waals surface area contributed by atoms with Crippen molar-refractivity contribution < 1.29 is 8.78 Å². The van der Waals surface area contributed by atoms with E-state index < -0.39 is 11.6 Å². The molecule has 0 aliphatic heterocycles. The molecule has 0 unspecified atom stereocenters. The number of fused-ring (bicyclic) bond motifs is 1. The number of hydrogen-bond donors (Lipinski definition) is 0. The largest absolute Gasteiger partial charge is 0.207 e. The van der Waals surface area contributed by atoms with Gasteiger partial charge in [-0.1, -0.05) is 34.1 Å². The molecule has 0 aliphatic carbocycles. The average molecular weight is 319 g/mol. The van der Waals surface area contributed by atoms with Crippen molar-refractivity contribution in [3.8, 4) is 11.1 Å². The van der Waals surface area contributed by atoms with Crippen molar-refractivity contribution in [2.45, 2.75) is 0 Å². The molecule has 3 heteroatoms. The topological polar surface area (TPSA) is 0 Å². The smallest absolute Gasteiger partial charge is 0.133 e. The summed E-state index contributed by atoms with van der Waals surface area (Å²) in [6, 6.07) is 15.2. The van der Waals surface area contributed by atoms with Crippen molar-refractivity contribution in [2.75, 3.05) is 0 Å². The van der Waals surface area contributed by atoms with E-state index in [2.05, 4.69) is 15.9 Å². The minimum atomic E-state index is -0.564. The first-order valence-electron chi connectivity index (χ1n) is 5.78. The highest BCUT2D eigenvalue weighted by Crippen LogP contribution is 2.28. The highest BCUT2D eigenvalue weighted by atomic mass is 79.9. The highest BCUT2D eigenvalue weighted by Gasteiger charge is 2.07. The van der Waals surface area contributed by atoms with Gasteiger partial charge in [0, 0.05) is 16.1 Å². The van der Waals surface area contributed by atoms with Crippen LogP contribution in [-0.2, 0) is 0 Å². The Morgan fingerprint density at radius 3 is 2.26 bits per heavy atom. The minimum absolute atomic E-state index is 0.409. The predicted octanol–water partition coefficient (Wildman–Crippen LogP) is 5.55. The number of rotatable bonds is 1. The third kappa shape index (κ3) is 2.38. The maximum absolute atomic E-state index is 13.8. The van der Waals surface area contributed by atoms with Crippen molar-refractivity contribution in [3.05, 3.63) is 70.7 Å². The zero-order valence-corrected chi connectivity index (χ0v) is 11.4. The van der Waals surface area contributed by atoms with Crippen molar-refractivity contribution in [1.29, 1.82) is 0 Å². The van der Waals surface area contributed by atoms with Crippen LogP contribution in [0.5, 0.6) is 0 Å². The van der Waals surface area contributed by atoms with Crippen LogP contribution >= 0.6 is 15.9 Å². The Kier molecular flexibility index (Phi) is 3.07. The SMILES string of the molecule is Fc1ccc(-c2ccc3cc(Br)ccc3c2)c(F)c1. The molecule has 0 radical (unpaired) electrons. The van der Waals surface area contributed by atoms with Gasteiger partial charge in [0.1, 0.15) is 11.6 Å². The summed E-state index contributed by atoms with van der Waals surface area (Å²) in [5, 5.41) is 2.09. The molecule has 19 heavy (non-hydrogen) atoms. The first kappa shape index (κ1) is 12.3. The molecule has 0 heterocycles. The Labute approximate surface area is 117 Å². The van der Waals surface area contributed by atoms with Crippen LogP contribution in [-0.4, -0.2) is 0 Å². The van der Waals surface area contributed by atoms with Crippen molar-refractivity contribution in [3.63, 3.8) is 0 Å². The monoisotopic (exact) mass is 318 g/mol. The maximum atomic E-state index is 13.8. The van der Waals surface area contributed by atoms with E-state index in [9.17, 15) is 8.78 Å². The van der Waals surface area contributed by atoms with E-state index >= 15 is 0 Å². The molecule has 0 nitrogen and oxygen atoms in total. The second-order valence-corrected chi connectivity index (χ2v) is 5.25. The first-order chi connectivity index (χ1) is 9.13. The summed E-state index contributed by atoms with van der Waals surface area (Å²) in [7, 11) is 0. The molecule has 3 aromatic carbocycles. The van der Waals surface area contributed by atoms with E-state index in [1.807, 2.05) is 36.4 Å². The maximum Gasteiger partial charge on any atom is 0.133 e. The van der Waals surface area contributed by atoms with E-state index in [0.717, 1.165) is 26.9 Å². The number of halogens is 3. The van der Waals surface area contributed by atoms with E-state index in [1.54, 1.807) is 0 Å². The lowest BCUT2D eigenvalue weighted by Gasteiger charge is -2.06. The second kappa shape index (κ2) is 4.74. The molecule has 0 fully saturated rings. The lowest BCUT2D eigenvalue weighted by molar-refractivity contribution is 0.585. The molecule has 0 amide bonds. The van der Waals surface area contributed by atoms with Crippen LogP contribution in [0, 0.1) is 11.6 Å². The number of benzene rings is 3. The molecule has 0 aromatic heterocycles. The zero-order chi connectivity index (χ0) is 13.4. The van der Waals surface area contributed by atoms with Gasteiger partial charge in [-0.05, 0) is 46.7 Å². The van der Waals surface area contributed by atoms with Crippen LogP contribution in [0.4, 0.5) is 8.78 Å². The summed E-state index contributed by atoms with van der Waals surface area (Å²) < 4.78 is 27.7. The van der Waals surface area contributed by atoms with Crippen LogP contribution < -0.4 is 0 Å². The fraction of sp³-hybridized carbons (Fsp3) is 0. The standard InChI is InChI=1S/C16H9BrF2/c17-13-4-3-10-7-12(2-1-11(10)8-13)15-6-5-14(18)9-16(15)19/h1-9H. The molecule has 0 saturated heterocycles. The highest BCUT2D eigenvalue weighted by molar-refractivity contribution is 9.10. The molecule has 0 bridgehead atoms. The fourth-order valence-electron chi connectivity index (χ4n) is 2.11. The van der Waals surface area contributed by atoms with Crippen LogP contribution in [0.2, 0.25) is 0 Å². The van der Waals surface area contributed by atoms with Gasteiger partial charge in [0.2, 0.25) is 0 Å². The Morgan fingerprint density at radius 1 is 0.737 bits per heavy atom. The van der Waals surface area contributed by atoms with Gasteiger partial charge >= 0.3 is 0 Å². The summed E-state index contributed by atoms with van der Waals surface area (Å²) in [5.74, 6) is -1.11. The van der Waals surface area contributed by atoms with E-state index in [4.69, 9.17) is 0 Å². The molecule has 0 aliphatic rings. The van der Waals surface area contributed by atoms with Crippen LogP contribution in [0.1, 0.15) is 0 Å². The lowest BCUT2D eigenvalue weighted by atomic mass is 10.0. The normalized spacial score (nSPS) is 10.9. The Hall–Kier alpha value is -1.74. The first-order valence-corrected chi connectivity index (χ1v) is 6.57. The Balaban J connectivity index is 2.17. The van der Waals surface area contributed by atoms with Crippen LogP contribution in [0.15, 0.2) is 59.1 Å². The molecule has 0 saturated carbocycles. The summed E-state index contributed by atoms with van der Waals surface area (Å²) in [5.41, 5.74) is 1.15. The summed E-state index contributed by atoms with van der Waals surface area (Å²) in [6.45, 7) is 0. The lowest BCUT2D eigenvalue weighted by Crippen LogP contribution is -1.86. The van der Waals surface area contributed by atoms with E-state index in [0.29, 0.717) is 5.56 Å². The molecule has 0 N–H and O–H groups in total. The van der Waals surface area contributed by atoms with Gasteiger partial charge in [0.05, 0.1) is 0 Å². The molecule has 0 spiro atoms. The van der Waals surface area contributed by atoms with Gasteiger partial charge in [0.15, 0.2) is 0 Å². The third-order valence-corrected chi connectivity index (χ3v) is 3.54. The summed E-state index contributed by atoms with van der Waals surface area (Å²) in [4.78, 5) is 0. The molecular formula is C16H9BrF2. The van der Waals surface area contributed by atoms with Crippen LogP contribution in [0.25, 0.3) is 21.9 Å². The van der Waals surface area contributed by atoms with Gasteiger partial charge < -0.3 is 0 Å².